The molecular weight excluding hydrogens is 243 g/mol. The first-order valence-corrected chi connectivity index (χ1v) is 5.93. The van der Waals surface area contributed by atoms with E-state index in [2.05, 4.69) is 0 Å². The average Bonchev–Trinajstić information content (AvgIpc) is 2.28. The highest BCUT2D eigenvalue weighted by atomic mass is 19.4. The minimum atomic E-state index is -4.29. The van der Waals surface area contributed by atoms with Gasteiger partial charge in [-0.05, 0) is 12.5 Å². The third-order valence-electron chi connectivity index (χ3n) is 2.95. The lowest BCUT2D eigenvalue weighted by atomic mass is 10.1. The van der Waals surface area contributed by atoms with Crippen molar-refractivity contribution in [2.24, 2.45) is 0 Å². The van der Waals surface area contributed by atoms with Crippen molar-refractivity contribution in [1.29, 1.82) is 0 Å². The summed E-state index contributed by atoms with van der Waals surface area (Å²) in [6, 6.07) is 9.51. The molecule has 1 fully saturated rings. The zero-order valence-electron chi connectivity index (χ0n) is 10.2. The third-order valence-corrected chi connectivity index (χ3v) is 2.95. The van der Waals surface area contributed by atoms with Crippen LogP contribution < -0.4 is 0 Å². The molecule has 1 unspecified atom stereocenters. The molecule has 5 heteroatoms. The van der Waals surface area contributed by atoms with Crippen LogP contribution in [0.15, 0.2) is 30.3 Å². The van der Waals surface area contributed by atoms with E-state index in [0.29, 0.717) is 13.1 Å². The lowest BCUT2D eigenvalue weighted by Crippen LogP contribution is -2.51. The first-order valence-electron chi connectivity index (χ1n) is 5.93. The van der Waals surface area contributed by atoms with Crippen LogP contribution in [0.4, 0.5) is 13.2 Å². The number of benzene rings is 1. The summed E-state index contributed by atoms with van der Waals surface area (Å²) in [7, 11) is 0. The van der Waals surface area contributed by atoms with Gasteiger partial charge in [-0.2, -0.15) is 13.2 Å². The highest BCUT2D eigenvalue weighted by Gasteiger charge is 2.44. The Hall–Kier alpha value is -1.07. The molecule has 0 amide bonds. The molecule has 2 atom stereocenters. The Balaban J connectivity index is 2.01. The standard InChI is InChI=1S/C13H16F3NO/c1-10-7-17(8-11-5-3-2-4-6-11)9-12(18-10)13(14,15)16/h2-6,10,12H,7-9H2,1H3/t10?,12-/m0/s1. The maximum Gasteiger partial charge on any atom is 0.415 e. The Labute approximate surface area is 104 Å². The van der Waals surface area contributed by atoms with Crippen molar-refractivity contribution in [3.63, 3.8) is 0 Å². The van der Waals surface area contributed by atoms with E-state index >= 15 is 0 Å². The summed E-state index contributed by atoms with van der Waals surface area (Å²) in [5.74, 6) is 0. The fraction of sp³-hybridized carbons (Fsp3) is 0.538. The van der Waals surface area contributed by atoms with Crippen molar-refractivity contribution in [2.75, 3.05) is 13.1 Å². The minimum absolute atomic E-state index is 0.0945. The molecule has 0 spiro atoms. The second kappa shape index (κ2) is 5.28. The molecule has 1 aliphatic rings. The Morgan fingerprint density at radius 2 is 1.89 bits per heavy atom. The molecule has 1 heterocycles. The summed E-state index contributed by atoms with van der Waals surface area (Å²) in [5, 5.41) is 0. The van der Waals surface area contributed by atoms with Crippen molar-refractivity contribution in [3.05, 3.63) is 35.9 Å². The van der Waals surface area contributed by atoms with Crippen LogP contribution in [0.5, 0.6) is 0 Å². The predicted octanol–water partition coefficient (Wildman–Crippen LogP) is 2.84. The summed E-state index contributed by atoms with van der Waals surface area (Å²) >= 11 is 0. The molecule has 0 bridgehead atoms. The predicted molar refractivity (Wildman–Crippen MR) is 62.1 cm³/mol. The summed E-state index contributed by atoms with van der Waals surface area (Å²) < 4.78 is 43.0. The van der Waals surface area contributed by atoms with Crippen LogP contribution in [0.25, 0.3) is 0 Å². The molecule has 0 aliphatic carbocycles. The maximum atomic E-state index is 12.7. The molecule has 1 aliphatic heterocycles. The quantitative estimate of drug-likeness (QED) is 0.809. The van der Waals surface area contributed by atoms with Gasteiger partial charge in [-0.1, -0.05) is 30.3 Å². The summed E-state index contributed by atoms with van der Waals surface area (Å²) in [5.41, 5.74) is 1.02. The smallest absolute Gasteiger partial charge is 0.363 e. The van der Waals surface area contributed by atoms with Gasteiger partial charge in [0.25, 0.3) is 0 Å². The number of ether oxygens (including phenoxy) is 1. The summed E-state index contributed by atoms with van der Waals surface area (Å²) in [6.45, 7) is 2.64. The van der Waals surface area contributed by atoms with Crippen molar-refractivity contribution in [1.82, 2.24) is 4.90 Å². The molecular formula is C13H16F3NO. The van der Waals surface area contributed by atoms with E-state index in [9.17, 15) is 13.2 Å². The Morgan fingerprint density at radius 1 is 1.22 bits per heavy atom. The van der Waals surface area contributed by atoms with Gasteiger partial charge in [0.05, 0.1) is 6.10 Å². The molecule has 2 rings (SSSR count). The van der Waals surface area contributed by atoms with Crippen molar-refractivity contribution in [2.45, 2.75) is 31.9 Å². The highest BCUT2D eigenvalue weighted by Crippen LogP contribution is 2.28. The zero-order chi connectivity index (χ0) is 13.2. The molecule has 1 aromatic carbocycles. The van der Waals surface area contributed by atoms with Gasteiger partial charge in [-0.3, -0.25) is 4.90 Å². The molecule has 18 heavy (non-hydrogen) atoms. The Bertz CT molecular complexity index is 380. The number of rotatable bonds is 2. The van der Waals surface area contributed by atoms with E-state index < -0.39 is 18.4 Å². The zero-order valence-corrected chi connectivity index (χ0v) is 10.2. The number of hydrogen-bond donors (Lipinski definition) is 0. The SMILES string of the molecule is CC1CN(Cc2ccccc2)C[C@@H](C(F)(F)F)O1. The number of nitrogens with zero attached hydrogens (tertiary/aromatic N) is 1. The van der Waals surface area contributed by atoms with Gasteiger partial charge in [0.1, 0.15) is 0 Å². The van der Waals surface area contributed by atoms with Gasteiger partial charge in [0.15, 0.2) is 6.10 Å². The number of halogens is 3. The van der Waals surface area contributed by atoms with Gasteiger partial charge < -0.3 is 4.74 Å². The van der Waals surface area contributed by atoms with Crippen LogP contribution in [0, 0.1) is 0 Å². The van der Waals surface area contributed by atoms with E-state index in [-0.39, 0.29) is 6.54 Å². The fourth-order valence-electron chi connectivity index (χ4n) is 2.19. The summed E-state index contributed by atoms with van der Waals surface area (Å²) in [4.78, 5) is 1.79. The monoisotopic (exact) mass is 259 g/mol. The number of alkyl halides is 3. The minimum Gasteiger partial charge on any atom is -0.363 e. The molecule has 0 aromatic heterocycles. The first kappa shape index (κ1) is 13.4. The first-order chi connectivity index (χ1) is 8.45. The largest absolute Gasteiger partial charge is 0.415 e. The second-order valence-corrected chi connectivity index (χ2v) is 4.66. The Kier molecular flexibility index (Phi) is 3.92. The molecule has 2 nitrogen and oxygen atoms in total. The van der Waals surface area contributed by atoms with Gasteiger partial charge in [0.2, 0.25) is 0 Å². The van der Waals surface area contributed by atoms with E-state index in [0.717, 1.165) is 5.56 Å². The normalized spacial score (nSPS) is 26.2. The van der Waals surface area contributed by atoms with Gasteiger partial charge in [0, 0.05) is 19.6 Å². The highest BCUT2D eigenvalue weighted by molar-refractivity contribution is 5.14. The van der Waals surface area contributed by atoms with Gasteiger partial charge in [-0.25, -0.2) is 0 Å². The van der Waals surface area contributed by atoms with Gasteiger partial charge in [-0.15, -0.1) is 0 Å². The average molecular weight is 259 g/mol. The van der Waals surface area contributed by atoms with Crippen LogP contribution >= 0.6 is 0 Å². The third kappa shape index (κ3) is 3.46. The number of hydrogen-bond acceptors (Lipinski definition) is 2. The maximum absolute atomic E-state index is 12.7. The van der Waals surface area contributed by atoms with Crippen molar-refractivity contribution >= 4 is 0 Å². The van der Waals surface area contributed by atoms with Crippen LogP contribution in [0.2, 0.25) is 0 Å². The molecule has 1 saturated heterocycles. The lowest BCUT2D eigenvalue weighted by molar-refractivity contribution is -0.252. The van der Waals surface area contributed by atoms with E-state index in [1.165, 1.54) is 0 Å². The lowest BCUT2D eigenvalue weighted by Gasteiger charge is -2.37. The molecule has 1 aromatic rings. The Morgan fingerprint density at radius 3 is 2.50 bits per heavy atom. The summed E-state index contributed by atoms with van der Waals surface area (Å²) in [6.07, 6.45) is -6.36. The molecule has 0 radical (unpaired) electrons. The second-order valence-electron chi connectivity index (χ2n) is 4.66. The van der Waals surface area contributed by atoms with Crippen LogP contribution in [-0.4, -0.2) is 36.4 Å². The van der Waals surface area contributed by atoms with E-state index in [1.54, 1.807) is 11.8 Å². The van der Waals surface area contributed by atoms with Crippen LogP contribution in [0.1, 0.15) is 12.5 Å². The van der Waals surface area contributed by atoms with Crippen LogP contribution in [0.3, 0.4) is 0 Å². The fourth-order valence-corrected chi connectivity index (χ4v) is 2.19. The van der Waals surface area contributed by atoms with Gasteiger partial charge >= 0.3 is 6.18 Å². The topological polar surface area (TPSA) is 12.5 Å². The molecule has 100 valence electrons. The van der Waals surface area contributed by atoms with E-state index in [1.807, 2.05) is 30.3 Å². The van der Waals surface area contributed by atoms with Crippen molar-refractivity contribution < 1.29 is 17.9 Å². The van der Waals surface area contributed by atoms with Crippen LogP contribution in [-0.2, 0) is 11.3 Å². The molecule has 0 saturated carbocycles. The van der Waals surface area contributed by atoms with Crippen molar-refractivity contribution in [3.8, 4) is 0 Å². The molecule has 0 N–H and O–H groups in total. The van der Waals surface area contributed by atoms with E-state index in [4.69, 9.17) is 4.74 Å². The number of morpholine rings is 1.